The molecule has 0 radical (unpaired) electrons. The molecular weight excluding hydrogens is 649 g/mol. The summed E-state index contributed by atoms with van der Waals surface area (Å²) in [5.41, 5.74) is 5.00. The maximum absolute atomic E-state index is 13.6. The highest BCUT2D eigenvalue weighted by atomic mass is 35.5. The van der Waals surface area contributed by atoms with Crippen LogP contribution in [-0.2, 0) is 9.59 Å². The Balaban J connectivity index is 1.35. The van der Waals surface area contributed by atoms with E-state index >= 15 is 0 Å². The van der Waals surface area contributed by atoms with E-state index in [1.807, 2.05) is 74.5 Å². The van der Waals surface area contributed by atoms with Crippen molar-refractivity contribution < 1.29 is 14.4 Å². The number of amides is 3. The van der Waals surface area contributed by atoms with Gasteiger partial charge in [0.25, 0.3) is 11.8 Å². The van der Waals surface area contributed by atoms with Crippen molar-refractivity contribution in [2.75, 3.05) is 10.6 Å². The Kier molecular flexibility index (Phi) is 11.2. The fourth-order valence-corrected chi connectivity index (χ4v) is 6.04. The second-order valence-electron chi connectivity index (χ2n) is 10.7. The summed E-state index contributed by atoms with van der Waals surface area (Å²) >= 11 is 14.0. The summed E-state index contributed by atoms with van der Waals surface area (Å²) < 4.78 is 0. The standard InChI is InChI=1S/C38H31Cl2N3O3S/c1-24-16-17-25(2)32(22-24)42-38(46)35(26-10-5-3-6-11-26)47-30-20-18-29(19-21-30)41-37(45)33(23-28-14-9-15-31(39)34(28)40)43-36(44)27-12-7-4-8-13-27/h3-23,35H,1-2H3,(H,41,45)(H,42,46)(H,43,44)/b33-23-. The molecule has 5 aromatic rings. The Labute approximate surface area is 288 Å². The van der Waals surface area contributed by atoms with E-state index in [2.05, 4.69) is 16.0 Å². The number of benzene rings is 5. The van der Waals surface area contributed by atoms with Gasteiger partial charge in [-0.25, -0.2) is 0 Å². The Morgan fingerprint density at radius 1 is 0.745 bits per heavy atom. The molecule has 9 heteroatoms. The van der Waals surface area contributed by atoms with Crippen molar-refractivity contribution in [3.63, 3.8) is 0 Å². The van der Waals surface area contributed by atoms with E-state index in [0.29, 0.717) is 21.8 Å². The summed E-state index contributed by atoms with van der Waals surface area (Å²) in [7, 11) is 0. The summed E-state index contributed by atoms with van der Waals surface area (Å²) in [5, 5.41) is 8.70. The average molecular weight is 681 g/mol. The first kappa shape index (κ1) is 33.5. The molecule has 1 atom stereocenters. The molecule has 47 heavy (non-hydrogen) atoms. The summed E-state index contributed by atoms with van der Waals surface area (Å²) in [4.78, 5) is 40.9. The van der Waals surface area contributed by atoms with E-state index in [-0.39, 0.29) is 16.6 Å². The van der Waals surface area contributed by atoms with Crippen LogP contribution in [0.3, 0.4) is 0 Å². The lowest BCUT2D eigenvalue weighted by atomic mass is 10.1. The van der Waals surface area contributed by atoms with Gasteiger partial charge in [0, 0.05) is 21.8 Å². The first-order valence-corrected chi connectivity index (χ1v) is 16.3. The zero-order valence-electron chi connectivity index (χ0n) is 25.6. The van der Waals surface area contributed by atoms with Crippen LogP contribution in [0.4, 0.5) is 11.4 Å². The molecule has 1 unspecified atom stereocenters. The zero-order valence-corrected chi connectivity index (χ0v) is 27.9. The van der Waals surface area contributed by atoms with Crippen LogP contribution < -0.4 is 16.0 Å². The smallest absolute Gasteiger partial charge is 0.272 e. The van der Waals surface area contributed by atoms with Crippen LogP contribution in [0, 0.1) is 13.8 Å². The van der Waals surface area contributed by atoms with Crippen LogP contribution in [0.5, 0.6) is 0 Å². The van der Waals surface area contributed by atoms with Crippen molar-refractivity contribution in [2.45, 2.75) is 24.0 Å². The summed E-state index contributed by atoms with van der Waals surface area (Å²) in [6.07, 6.45) is 1.48. The molecule has 0 aromatic heterocycles. The minimum Gasteiger partial charge on any atom is -0.325 e. The number of nitrogens with one attached hydrogen (secondary N) is 3. The molecule has 0 aliphatic heterocycles. The number of anilines is 2. The van der Waals surface area contributed by atoms with E-state index in [9.17, 15) is 14.4 Å². The number of hydrogen-bond donors (Lipinski definition) is 3. The Morgan fingerprint density at radius 2 is 1.43 bits per heavy atom. The summed E-state index contributed by atoms with van der Waals surface area (Å²) in [5.74, 6) is -1.15. The SMILES string of the molecule is Cc1ccc(C)c(NC(=O)C(Sc2ccc(NC(=O)/C(=C/c3cccc(Cl)c3Cl)NC(=O)c3ccccc3)cc2)c2ccccc2)c1. The molecule has 0 aliphatic rings. The molecule has 3 N–H and O–H groups in total. The molecule has 0 saturated carbocycles. The lowest BCUT2D eigenvalue weighted by molar-refractivity contribution is -0.116. The third-order valence-corrected chi connectivity index (χ3v) is 9.27. The van der Waals surface area contributed by atoms with Crippen molar-refractivity contribution in [1.82, 2.24) is 5.32 Å². The number of rotatable bonds is 10. The second kappa shape index (κ2) is 15.6. The predicted molar refractivity (Wildman–Crippen MR) is 193 cm³/mol. The van der Waals surface area contributed by atoms with Gasteiger partial charge in [-0.2, -0.15) is 0 Å². The third kappa shape index (κ3) is 8.92. The number of carbonyl (C=O) groups excluding carboxylic acids is 3. The number of hydrogen-bond acceptors (Lipinski definition) is 4. The van der Waals surface area contributed by atoms with Gasteiger partial charge in [0.2, 0.25) is 5.91 Å². The van der Waals surface area contributed by atoms with Gasteiger partial charge in [0.05, 0.1) is 10.0 Å². The van der Waals surface area contributed by atoms with Crippen molar-refractivity contribution in [1.29, 1.82) is 0 Å². The monoisotopic (exact) mass is 679 g/mol. The summed E-state index contributed by atoms with van der Waals surface area (Å²) in [6, 6.07) is 36.3. The lowest BCUT2D eigenvalue weighted by Crippen LogP contribution is -2.30. The van der Waals surface area contributed by atoms with E-state index in [4.69, 9.17) is 23.2 Å². The van der Waals surface area contributed by atoms with Gasteiger partial charge in [-0.05, 0) is 90.7 Å². The van der Waals surface area contributed by atoms with Crippen LogP contribution in [0.1, 0.15) is 37.9 Å². The van der Waals surface area contributed by atoms with Crippen LogP contribution in [0.25, 0.3) is 6.08 Å². The van der Waals surface area contributed by atoms with Gasteiger partial charge in [0.1, 0.15) is 10.9 Å². The van der Waals surface area contributed by atoms with Crippen molar-refractivity contribution >= 4 is 70.1 Å². The van der Waals surface area contributed by atoms with Crippen LogP contribution in [0.15, 0.2) is 132 Å². The topological polar surface area (TPSA) is 87.3 Å². The van der Waals surface area contributed by atoms with Crippen molar-refractivity contribution in [2.24, 2.45) is 0 Å². The molecule has 236 valence electrons. The molecule has 0 fully saturated rings. The molecule has 5 aromatic carbocycles. The molecular formula is C38H31Cl2N3O3S. The molecule has 0 aliphatic carbocycles. The largest absolute Gasteiger partial charge is 0.325 e. The Bertz CT molecular complexity index is 1930. The van der Waals surface area contributed by atoms with Gasteiger partial charge in [-0.1, -0.05) is 96.0 Å². The number of thioether (sulfide) groups is 1. The number of aryl methyl sites for hydroxylation is 2. The maximum atomic E-state index is 13.6. The van der Waals surface area contributed by atoms with Crippen molar-refractivity contribution in [3.8, 4) is 0 Å². The van der Waals surface area contributed by atoms with Gasteiger partial charge in [-0.3, -0.25) is 14.4 Å². The second-order valence-corrected chi connectivity index (χ2v) is 12.7. The van der Waals surface area contributed by atoms with Crippen LogP contribution in [0.2, 0.25) is 10.0 Å². The van der Waals surface area contributed by atoms with Gasteiger partial charge in [-0.15, -0.1) is 11.8 Å². The molecule has 0 bridgehead atoms. The fraction of sp³-hybridized carbons (Fsp3) is 0.0789. The highest BCUT2D eigenvalue weighted by Crippen LogP contribution is 2.37. The number of halogens is 2. The minimum atomic E-state index is -0.555. The van der Waals surface area contributed by atoms with Crippen LogP contribution in [-0.4, -0.2) is 17.7 Å². The normalized spacial score (nSPS) is 11.8. The van der Waals surface area contributed by atoms with E-state index in [0.717, 1.165) is 27.3 Å². The molecule has 5 rings (SSSR count). The molecule has 6 nitrogen and oxygen atoms in total. The van der Waals surface area contributed by atoms with E-state index in [1.54, 1.807) is 60.7 Å². The van der Waals surface area contributed by atoms with Crippen LogP contribution >= 0.6 is 35.0 Å². The van der Waals surface area contributed by atoms with E-state index < -0.39 is 17.1 Å². The zero-order chi connectivity index (χ0) is 33.3. The molecule has 3 amide bonds. The highest BCUT2D eigenvalue weighted by molar-refractivity contribution is 8.00. The summed E-state index contributed by atoms with van der Waals surface area (Å²) in [6.45, 7) is 3.95. The fourth-order valence-electron chi connectivity index (χ4n) is 4.65. The first-order valence-electron chi connectivity index (χ1n) is 14.7. The Morgan fingerprint density at radius 3 is 2.13 bits per heavy atom. The predicted octanol–water partition coefficient (Wildman–Crippen LogP) is 9.49. The molecule has 0 spiro atoms. The first-order chi connectivity index (χ1) is 22.7. The lowest BCUT2D eigenvalue weighted by Gasteiger charge is -2.18. The minimum absolute atomic E-state index is 0.0197. The Hall–Kier alpha value is -4.82. The quantitative estimate of drug-likeness (QED) is 0.101. The number of carbonyl (C=O) groups is 3. The highest BCUT2D eigenvalue weighted by Gasteiger charge is 2.23. The van der Waals surface area contributed by atoms with Gasteiger partial charge in [0.15, 0.2) is 0 Å². The molecule has 0 saturated heterocycles. The average Bonchev–Trinajstić information content (AvgIpc) is 3.08. The van der Waals surface area contributed by atoms with Gasteiger partial charge >= 0.3 is 0 Å². The maximum Gasteiger partial charge on any atom is 0.272 e. The van der Waals surface area contributed by atoms with E-state index in [1.165, 1.54) is 17.8 Å². The third-order valence-electron chi connectivity index (χ3n) is 7.17. The van der Waals surface area contributed by atoms with Gasteiger partial charge < -0.3 is 16.0 Å². The van der Waals surface area contributed by atoms with Crippen molar-refractivity contribution in [3.05, 3.63) is 165 Å². The molecule has 0 heterocycles.